The van der Waals surface area contributed by atoms with Gasteiger partial charge in [0.05, 0.1) is 15.1 Å². The van der Waals surface area contributed by atoms with Gasteiger partial charge >= 0.3 is 0 Å². The van der Waals surface area contributed by atoms with Crippen LogP contribution in [0.5, 0.6) is 0 Å². The number of nitrogens with zero attached hydrogens (tertiary/aromatic N) is 4. The summed E-state index contributed by atoms with van der Waals surface area (Å²) in [6, 6.07) is 11.2. The number of hydrogen-bond donors (Lipinski definition) is 0. The molecular formula is C28H38N4O3S2. The summed E-state index contributed by atoms with van der Waals surface area (Å²) in [4.78, 5) is 23.3. The molecule has 1 fully saturated rings. The highest BCUT2D eigenvalue weighted by Gasteiger charge is 2.35. The molecule has 0 radical (unpaired) electrons. The molecule has 1 saturated heterocycles. The number of sulfonamides is 1. The molecule has 1 amide bonds. The minimum absolute atomic E-state index is 0.0490. The van der Waals surface area contributed by atoms with Crippen molar-refractivity contribution in [3.63, 3.8) is 0 Å². The van der Waals surface area contributed by atoms with Gasteiger partial charge in [-0.2, -0.15) is 4.31 Å². The van der Waals surface area contributed by atoms with E-state index in [9.17, 15) is 13.2 Å². The third kappa shape index (κ3) is 6.06. The fourth-order valence-corrected chi connectivity index (χ4v) is 7.62. The molecule has 9 heteroatoms. The Morgan fingerprint density at radius 2 is 1.65 bits per heavy atom. The fraction of sp³-hybridized carbons (Fsp3) is 0.500. The molecule has 1 aromatic heterocycles. The summed E-state index contributed by atoms with van der Waals surface area (Å²) in [6.45, 7) is 14.2. The first kappa shape index (κ1) is 27.7. The third-order valence-electron chi connectivity index (χ3n) is 7.31. The van der Waals surface area contributed by atoms with Crippen LogP contribution < -0.4 is 4.90 Å². The third-order valence-corrected chi connectivity index (χ3v) is 10.2. The lowest BCUT2D eigenvalue weighted by Gasteiger charge is -2.33. The second-order valence-electron chi connectivity index (χ2n) is 9.93. The molecule has 1 aliphatic heterocycles. The summed E-state index contributed by atoms with van der Waals surface area (Å²) in [5.41, 5.74) is 4.27. The lowest BCUT2D eigenvalue weighted by atomic mass is 9.96. The van der Waals surface area contributed by atoms with E-state index in [-0.39, 0.29) is 11.8 Å². The van der Waals surface area contributed by atoms with Crippen LogP contribution in [0.1, 0.15) is 43.4 Å². The first-order chi connectivity index (χ1) is 17.6. The monoisotopic (exact) mass is 542 g/mol. The molecular weight excluding hydrogens is 504 g/mol. The van der Waals surface area contributed by atoms with Crippen LogP contribution in [0.15, 0.2) is 41.3 Å². The number of carbonyl (C=O) groups excluding carboxylic acids is 1. The number of hydrogen-bond acceptors (Lipinski definition) is 6. The Labute approximate surface area is 225 Å². The summed E-state index contributed by atoms with van der Waals surface area (Å²) < 4.78 is 28.9. The van der Waals surface area contributed by atoms with Gasteiger partial charge in [0.15, 0.2) is 5.13 Å². The number of piperidine rings is 1. The van der Waals surface area contributed by atoms with E-state index in [0.717, 1.165) is 46.1 Å². The molecule has 0 unspecified atom stereocenters. The lowest BCUT2D eigenvalue weighted by Crippen LogP contribution is -2.46. The second-order valence-corrected chi connectivity index (χ2v) is 12.9. The van der Waals surface area contributed by atoms with Crippen molar-refractivity contribution in [3.8, 4) is 0 Å². The first-order valence-electron chi connectivity index (χ1n) is 13.1. The topological polar surface area (TPSA) is 73.8 Å². The SMILES string of the molecule is CCN(CC)CCN(C(=O)C1CCN(S(=O)(=O)c2ccc(C)cc2)CC1)c1nc2c(C)cc(C)cc2s1. The fourth-order valence-electron chi connectivity index (χ4n) is 4.98. The summed E-state index contributed by atoms with van der Waals surface area (Å²) in [5.74, 6) is -0.177. The number of rotatable bonds is 9. The van der Waals surface area contributed by atoms with Gasteiger partial charge in [-0.05, 0) is 76.0 Å². The standard InChI is InChI=1S/C28H38N4O3S2/c1-6-30(7-2)16-17-32(28-29-26-22(5)18-21(4)19-25(26)36-28)27(33)23-12-14-31(15-13-23)37(34,35)24-10-8-20(3)9-11-24/h8-11,18-19,23H,6-7,12-17H2,1-5H3. The maximum absolute atomic E-state index is 13.9. The van der Waals surface area contributed by atoms with E-state index in [1.807, 2.05) is 24.0 Å². The molecule has 7 nitrogen and oxygen atoms in total. The number of aryl methyl sites for hydroxylation is 3. The van der Waals surface area contributed by atoms with Crippen molar-refractivity contribution in [2.75, 3.05) is 44.2 Å². The van der Waals surface area contributed by atoms with Gasteiger partial charge in [0, 0.05) is 32.1 Å². The number of anilines is 1. The summed E-state index contributed by atoms with van der Waals surface area (Å²) in [5, 5.41) is 0.732. The number of carbonyl (C=O) groups is 1. The van der Waals surface area contributed by atoms with Crippen LogP contribution in [0.25, 0.3) is 10.2 Å². The van der Waals surface area contributed by atoms with Crippen molar-refractivity contribution in [3.05, 3.63) is 53.1 Å². The molecule has 37 heavy (non-hydrogen) atoms. The molecule has 0 aliphatic carbocycles. The van der Waals surface area contributed by atoms with Crippen molar-refractivity contribution < 1.29 is 13.2 Å². The predicted molar refractivity (Wildman–Crippen MR) is 152 cm³/mol. The van der Waals surface area contributed by atoms with Gasteiger partial charge in [-0.15, -0.1) is 0 Å². The summed E-state index contributed by atoms with van der Waals surface area (Å²) >= 11 is 1.57. The van der Waals surface area contributed by atoms with Crippen LogP contribution in [0.3, 0.4) is 0 Å². The molecule has 0 N–H and O–H groups in total. The molecule has 0 spiro atoms. The highest BCUT2D eigenvalue weighted by atomic mass is 32.2. The Balaban J connectivity index is 1.54. The van der Waals surface area contributed by atoms with Gasteiger partial charge in [0.2, 0.25) is 15.9 Å². The zero-order valence-electron chi connectivity index (χ0n) is 22.5. The summed E-state index contributed by atoms with van der Waals surface area (Å²) in [7, 11) is -3.56. The van der Waals surface area contributed by atoms with Crippen LogP contribution in [0, 0.1) is 26.7 Å². The molecule has 200 valence electrons. The van der Waals surface area contributed by atoms with E-state index in [1.165, 1.54) is 9.87 Å². The molecule has 4 rings (SSSR count). The van der Waals surface area contributed by atoms with Crippen molar-refractivity contribution in [1.82, 2.24) is 14.2 Å². The van der Waals surface area contributed by atoms with Gasteiger partial charge in [0.25, 0.3) is 0 Å². The molecule has 0 atom stereocenters. The highest BCUT2D eigenvalue weighted by Crippen LogP contribution is 2.34. The Morgan fingerprint density at radius 3 is 2.27 bits per heavy atom. The minimum Gasteiger partial charge on any atom is -0.302 e. The molecule has 2 aromatic carbocycles. The zero-order valence-corrected chi connectivity index (χ0v) is 24.2. The average Bonchev–Trinajstić information content (AvgIpc) is 3.31. The van der Waals surface area contributed by atoms with E-state index in [0.29, 0.717) is 37.4 Å². The maximum atomic E-state index is 13.9. The Hall–Kier alpha value is -2.33. The van der Waals surface area contributed by atoms with Gasteiger partial charge in [-0.3, -0.25) is 9.69 Å². The van der Waals surface area contributed by atoms with Crippen LogP contribution in [0.2, 0.25) is 0 Å². The van der Waals surface area contributed by atoms with Crippen LogP contribution in [-0.2, 0) is 14.8 Å². The van der Waals surface area contributed by atoms with Crippen molar-refractivity contribution in [2.45, 2.75) is 52.4 Å². The summed E-state index contributed by atoms with van der Waals surface area (Å²) in [6.07, 6.45) is 1.02. The predicted octanol–water partition coefficient (Wildman–Crippen LogP) is 5.00. The molecule has 0 saturated carbocycles. The molecule has 3 aromatic rings. The van der Waals surface area contributed by atoms with Crippen LogP contribution in [-0.4, -0.2) is 67.8 Å². The maximum Gasteiger partial charge on any atom is 0.243 e. The normalized spacial score (nSPS) is 15.5. The van der Waals surface area contributed by atoms with Crippen molar-refractivity contribution in [1.29, 1.82) is 0 Å². The number of likely N-dealkylation sites (N-methyl/N-ethyl adjacent to an activating group) is 1. The van der Waals surface area contributed by atoms with E-state index in [4.69, 9.17) is 4.98 Å². The lowest BCUT2D eigenvalue weighted by molar-refractivity contribution is -0.123. The van der Waals surface area contributed by atoms with E-state index >= 15 is 0 Å². The first-order valence-corrected chi connectivity index (χ1v) is 15.4. The van der Waals surface area contributed by atoms with E-state index in [1.54, 1.807) is 23.5 Å². The zero-order chi connectivity index (χ0) is 26.7. The Kier molecular flexibility index (Phi) is 8.68. The number of benzene rings is 2. The molecule has 0 bridgehead atoms. The smallest absolute Gasteiger partial charge is 0.243 e. The Morgan fingerprint density at radius 1 is 1.00 bits per heavy atom. The van der Waals surface area contributed by atoms with Crippen LogP contribution >= 0.6 is 11.3 Å². The van der Waals surface area contributed by atoms with Crippen molar-refractivity contribution >= 4 is 42.6 Å². The van der Waals surface area contributed by atoms with Gasteiger partial charge in [0.1, 0.15) is 0 Å². The van der Waals surface area contributed by atoms with Gasteiger partial charge in [-0.25, -0.2) is 13.4 Å². The number of amides is 1. The van der Waals surface area contributed by atoms with Gasteiger partial charge < -0.3 is 4.90 Å². The molecule has 2 heterocycles. The van der Waals surface area contributed by atoms with Gasteiger partial charge in [-0.1, -0.05) is 48.9 Å². The second kappa shape index (κ2) is 11.6. The Bertz CT molecular complexity index is 1340. The van der Waals surface area contributed by atoms with Crippen LogP contribution in [0.4, 0.5) is 5.13 Å². The highest BCUT2D eigenvalue weighted by molar-refractivity contribution is 7.89. The minimum atomic E-state index is -3.56. The van der Waals surface area contributed by atoms with Crippen molar-refractivity contribution in [2.24, 2.45) is 5.92 Å². The molecule has 1 aliphatic rings. The number of aromatic nitrogens is 1. The largest absolute Gasteiger partial charge is 0.302 e. The number of fused-ring (bicyclic) bond motifs is 1. The number of thiazole rings is 1. The average molecular weight is 543 g/mol. The van der Waals surface area contributed by atoms with E-state index < -0.39 is 10.0 Å². The quantitative estimate of drug-likeness (QED) is 0.381. The van der Waals surface area contributed by atoms with E-state index in [2.05, 4.69) is 44.7 Å².